The Bertz CT molecular complexity index is 698. The molecule has 3 N–H and O–H groups in total. The highest BCUT2D eigenvalue weighted by atomic mass is 16.3. The number of furan rings is 1. The Kier molecular flexibility index (Phi) is 7.84. The third-order valence-corrected chi connectivity index (χ3v) is 8.26. The molecule has 0 aliphatic heterocycles. The van der Waals surface area contributed by atoms with E-state index in [1.807, 2.05) is 6.26 Å². The second-order valence-corrected chi connectivity index (χ2v) is 10.2. The summed E-state index contributed by atoms with van der Waals surface area (Å²) in [5.74, 6) is 1.18. The molecule has 2 aliphatic rings. The third-order valence-electron chi connectivity index (χ3n) is 8.26. The summed E-state index contributed by atoms with van der Waals surface area (Å²) < 4.78 is 5.26. The minimum Gasteiger partial charge on any atom is -0.472 e. The summed E-state index contributed by atoms with van der Waals surface area (Å²) in [4.78, 5) is 13.4. The van der Waals surface area contributed by atoms with Gasteiger partial charge in [-0.25, -0.2) is 0 Å². The van der Waals surface area contributed by atoms with E-state index in [-0.39, 0.29) is 16.7 Å². The van der Waals surface area contributed by atoms with Crippen LogP contribution >= 0.6 is 0 Å². The zero-order chi connectivity index (χ0) is 21.6. The van der Waals surface area contributed by atoms with Gasteiger partial charge >= 0.3 is 0 Å². The first-order valence-corrected chi connectivity index (χ1v) is 12.1. The normalized spacial score (nSPS) is 31.4. The fraction of sp³-hybridized carbons (Fsp3) is 0.731. The highest BCUT2D eigenvalue weighted by Gasteiger charge is 2.56. The second kappa shape index (κ2) is 10.2. The number of unbranched alkanes of at least 4 members (excludes halogenated alkanes) is 3. The van der Waals surface area contributed by atoms with E-state index in [1.165, 1.54) is 17.6 Å². The van der Waals surface area contributed by atoms with Crippen LogP contribution in [0.15, 0.2) is 35.2 Å². The lowest BCUT2D eigenvalue weighted by Gasteiger charge is -2.58. The largest absolute Gasteiger partial charge is 0.472 e. The summed E-state index contributed by atoms with van der Waals surface area (Å²) in [7, 11) is 0. The van der Waals surface area contributed by atoms with Gasteiger partial charge in [0.25, 0.3) is 0 Å². The molecule has 30 heavy (non-hydrogen) atoms. The first-order valence-electron chi connectivity index (χ1n) is 12.1. The van der Waals surface area contributed by atoms with Gasteiger partial charge in [-0.05, 0) is 86.8 Å². The zero-order valence-corrected chi connectivity index (χ0v) is 19.2. The minimum absolute atomic E-state index is 0.157. The number of hydrogen-bond acceptors (Lipinski definition) is 3. The van der Waals surface area contributed by atoms with Gasteiger partial charge in [-0.2, -0.15) is 0 Å². The van der Waals surface area contributed by atoms with Gasteiger partial charge in [-0.15, -0.1) is 0 Å². The van der Waals surface area contributed by atoms with Crippen molar-refractivity contribution in [2.24, 2.45) is 28.4 Å². The van der Waals surface area contributed by atoms with Gasteiger partial charge in [0, 0.05) is 12.0 Å². The first kappa shape index (κ1) is 23.1. The van der Waals surface area contributed by atoms with E-state index in [0.717, 1.165) is 77.3 Å². The molecule has 1 aromatic heterocycles. The summed E-state index contributed by atoms with van der Waals surface area (Å²) in [6.45, 7) is 10.7. The molecular formula is C26H42N2O2. The van der Waals surface area contributed by atoms with Crippen LogP contribution in [0.25, 0.3) is 0 Å². The molecule has 0 radical (unpaired) electrons. The smallest absolute Gasteiger partial charge is 0.226 e. The van der Waals surface area contributed by atoms with Crippen molar-refractivity contribution < 1.29 is 9.21 Å². The first-order chi connectivity index (χ1) is 14.4. The van der Waals surface area contributed by atoms with Crippen LogP contribution in [0, 0.1) is 22.7 Å². The number of nitrogens with one attached hydrogen (secondary N) is 1. The second-order valence-electron chi connectivity index (χ2n) is 10.2. The van der Waals surface area contributed by atoms with E-state index in [9.17, 15) is 4.79 Å². The number of nitrogens with two attached hydrogens (primary N) is 1. The number of allylic oxidation sites excluding steroid dienone is 1. The molecule has 0 spiro atoms. The maximum absolute atomic E-state index is 13.4. The molecule has 1 aromatic rings. The maximum Gasteiger partial charge on any atom is 0.226 e. The lowest BCUT2D eigenvalue weighted by Crippen LogP contribution is -2.56. The van der Waals surface area contributed by atoms with E-state index in [1.54, 1.807) is 6.26 Å². The van der Waals surface area contributed by atoms with Crippen molar-refractivity contribution >= 4 is 5.91 Å². The van der Waals surface area contributed by atoms with Gasteiger partial charge in [0.2, 0.25) is 5.91 Å². The zero-order valence-electron chi connectivity index (χ0n) is 19.2. The number of aryl methyl sites for hydroxylation is 1. The molecule has 2 aliphatic carbocycles. The Hall–Kier alpha value is -1.55. The standard InChI is InChI=1S/C26H42N2O2/c1-20-9-12-23-25(2,22(20)11-10-21-13-18-30-19-21)14-8-15-26(23,3)24(29)28-17-7-5-4-6-16-27/h13,18-19,22-23H,1,4-12,14-17,27H2,2-3H3,(H,28,29)/t22-,23-,25+,26-/m0/s1. The summed E-state index contributed by atoms with van der Waals surface area (Å²) in [6.07, 6.45) is 15.7. The number of carbonyl (C=O) groups excluding carboxylic acids is 1. The fourth-order valence-electron chi connectivity index (χ4n) is 6.53. The van der Waals surface area contributed by atoms with Gasteiger partial charge in [-0.1, -0.05) is 45.3 Å². The number of hydrogen-bond donors (Lipinski definition) is 2. The lowest BCUT2D eigenvalue weighted by molar-refractivity contribution is -0.146. The fourth-order valence-corrected chi connectivity index (χ4v) is 6.53. The van der Waals surface area contributed by atoms with Crippen LogP contribution in [0.3, 0.4) is 0 Å². The quantitative estimate of drug-likeness (QED) is 0.385. The number of amides is 1. The molecule has 2 saturated carbocycles. The SMILES string of the molecule is C=C1CC[C@H]2[C@](C)(CCC[C@]2(C)C(=O)NCCCCCCN)[C@H]1CCc1ccoc1. The topological polar surface area (TPSA) is 68.3 Å². The van der Waals surface area contributed by atoms with Crippen LogP contribution < -0.4 is 11.1 Å². The highest BCUT2D eigenvalue weighted by Crippen LogP contribution is 2.61. The van der Waals surface area contributed by atoms with Gasteiger partial charge in [0.1, 0.15) is 0 Å². The van der Waals surface area contributed by atoms with Crippen LogP contribution in [0.2, 0.25) is 0 Å². The van der Waals surface area contributed by atoms with Crippen molar-refractivity contribution in [2.75, 3.05) is 13.1 Å². The van der Waals surface area contributed by atoms with Gasteiger partial charge in [0.15, 0.2) is 0 Å². The third kappa shape index (κ3) is 4.85. The maximum atomic E-state index is 13.4. The molecule has 0 unspecified atom stereocenters. The molecule has 0 saturated heterocycles. The summed E-state index contributed by atoms with van der Waals surface area (Å²) in [6, 6.07) is 2.07. The molecule has 1 heterocycles. The molecule has 168 valence electrons. The summed E-state index contributed by atoms with van der Waals surface area (Å²) in [5, 5.41) is 3.30. The van der Waals surface area contributed by atoms with Gasteiger partial charge in [-0.3, -0.25) is 4.79 Å². The summed E-state index contributed by atoms with van der Waals surface area (Å²) >= 11 is 0. The molecule has 4 nitrogen and oxygen atoms in total. The molecule has 4 atom stereocenters. The average molecular weight is 415 g/mol. The van der Waals surface area contributed by atoms with Gasteiger partial charge in [0.05, 0.1) is 12.5 Å². The molecule has 0 aromatic carbocycles. The van der Waals surface area contributed by atoms with Crippen molar-refractivity contribution in [3.8, 4) is 0 Å². The Labute approximate surface area is 183 Å². The molecule has 2 fully saturated rings. The Morgan fingerprint density at radius 3 is 2.80 bits per heavy atom. The van der Waals surface area contributed by atoms with E-state index in [0.29, 0.717) is 11.8 Å². The monoisotopic (exact) mass is 414 g/mol. The summed E-state index contributed by atoms with van der Waals surface area (Å²) in [5.41, 5.74) is 8.12. The highest BCUT2D eigenvalue weighted by molar-refractivity contribution is 5.83. The van der Waals surface area contributed by atoms with E-state index < -0.39 is 0 Å². The van der Waals surface area contributed by atoms with Crippen molar-refractivity contribution in [2.45, 2.75) is 84.5 Å². The van der Waals surface area contributed by atoms with Crippen molar-refractivity contribution in [3.05, 3.63) is 36.3 Å². The van der Waals surface area contributed by atoms with Crippen LogP contribution in [0.1, 0.15) is 83.6 Å². The number of fused-ring (bicyclic) bond motifs is 1. The van der Waals surface area contributed by atoms with E-state index in [4.69, 9.17) is 10.2 Å². The van der Waals surface area contributed by atoms with Crippen LogP contribution in [0.4, 0.5) is 0 Å². The van der Waals surface area contributed by atoms with Crippen LogP contribution in [0.5, 0.6) is 0 Å². The predicted molar refractivity (Wildman–Crippen MR) is 123 cm³/mol. The lowest BCUT2D eigenvalue weighted by atomic mass is 9.46. The number of rotatable bonds is 10. The van der Waals surface area contributed by atoms with Gasteiger partial charge < -0.3 is 15.5 Å². The van der Waals surface area contributed by atoms with Crippen LogP contribution in [-0.4, -0.2) is 19.0 Å². The average Bonchev–Trinajstić information content (AvgIpc) is 3.23. The molecule has 3 rings (SSSR count). The van der Waals surface area contributed by atoms with E-state index in [2.05, 4.69) is 31.8 Å². The molecule has 1 amide bonds. The Morgan fingerprint density at radius 1 is 1.27 bits per heavy atom. The van der Waals surface area contributed by atoms with Crippen LogP contribution in [-0.2, 0) is 11.2 Å². The Balaban J connectivity index is 1.65. The molecule has 4 heteroatoms. The van der Waals surface area contributed by atoms with Crippen molar-refractivity contribution in [3.63, 3.8) is 0 Å². The Morgan fingerprint density at radius 2 is 2.07 bits per heavy atom. The number of carbonyl (C=O) groups is 1. The minimum atomic E-state index is -0.265. The molecule has 0 bridgehead atoms. The predicted octanol–water partition coefficient (Wildman–Crippen LogP) is 5.63. The molecular weight excluding hydrogens is 372 g/mol. The van der Waals surface area contributed by atoms with Crippen molar-refractivity contribution in [1.82, 2.24) is 5.32 Å². The van der Waals surface area contributed by atoms with E-state index >= 15 is 0 Å². The van der Waals surface area contributed by atoms with Crippen molar-refractivity contribution in [1.29, 1.82) is 0 Å².